The molecular formula is C17H20ClN3O4S. The molecular weight excluding hydrogens is 378 g/mol. The second-order valence-corrected chi connectivity index (χ2v) is 8.06. The summed E-state index contributed by atoms with van der Waals surface area (Å²) in [5.41, 5.74) is 0.616. The standard InChI is InChI=1S/C17H20ClN3O4S/c1-3-20-7-4-8-21-11-13(10-15(21)17(20)22)26(23,24)19-14-9-12(18)5-6-16(14)25-2/h5-6,9-11,19H,3-4,7-8H2,1-2H3. The molecule has 0 bridgehead atoms. The molecule has 0 saturated heterocycles. The summed E-state index contributed by atoms with van der Waals surface area (Å²) < 4.78 is 34.9. The lowest BCUT2D eigenvalue weighted by Gasteiger charge is -2.17. The van der Waals surface area contributed by atoms with E-state index in [4.69, 9.17) is 16.3 Å². The summed E-state index contributed by atoms with van der Waals surface area (Å²) in [5, 5.41) is 0.380. The van der Waals surface area contributed by atoms with E-state index in [-0.39, 0.29) is 16.5 Å². The first kappa shape index (κ1) is 18.6. The quantitative estimate of drug-likeness (QED) is 0.841. The number of ether oxygens (including phenoxy) is 1. The predicted octanol–water partition coefficient (Wildman–Crippen LogP) is 2.82. The van der Waals surface area contributed by atoms with Crippen LogP contribution in [-0.4, -0.2) is 44.0 Å². The number of halogens is 1. The fourth-order valence-electron chi connectivity index (χ4n) is 2.96. The summed E-state index contributed by atoms with van der Waals surface area (Å²) in [4.78, 5) is 14.3. The molecule has 9 heteroatoms. The third kappa shape index (κ3) is 3.52. The second kappa shape index (κ2) is 7.20. The van der Waals surface area contributed by atoms with E-state index in [0.717, 1.165) is 6.42 Å². The largest absolute Gasteiger partial charge is 0.495 e. The molecule has 2 heterocycles. The number of amides is 1. The van der Waals surface area contributed by atoms with E-state index >= 15 is 0 Å². The van der Waals surface area contributed by atoms with Crippen molar-refractivity contribution in [3.05, 3.63) is 41.2 Å². The minimum Gasteiger partial charge on any atom is -0.495 e. The summed E-state index contributed by atoms with van der Waals surface area (Å²) in [5.74, 6) is 0.193. The van der Waals surface area contributed by atoms with Crippen LogP contribution in [0.5, 0.6) is 5.75 Å². The third-order valence-corrected chi connectivity index (χ3v) is 5.87. The normalized spacial score (nSPS) is 14.7. The zero-order valence-electron chi connectivity index (χ0n) is 14.5. The highest BCUT2D eigenvalue weighted by Crippen LogP contribution is 2.30. The Morgan fingerprint density at radius 2 is 2.04 bits per heavy atom. The van der Waals surface area contributed by atoms with Gasteiger partial charge in [-0.1, -0.05) is 11.6 Å². The van der Waals surface area contributed by atoms with Crippen molar-refractivity contribution in [3.8, 4) is 5.75 Å². The highest BCUT2D eigenvalue weighted by atomic mass is 35.5. The Balaban J connectivity index is 1.96. The van der Waals surface area contributed by atoms with Crippen molar-refractivity contribution >= 4 is 33.2 Å². The smallest absolute Gasteiger partial charge is 0.270 e. The lowest BCUT2D eigenvalue weighted by Crippen LogP contribution is -2.30. The average molecular weight is 398 g/mol. The Kier molecular flexibility index (Phi) is 5.15. The maximum atomic E-state index is 12.8. The zero-order valence-corrected chi connectivity index (χ0v) is 16.1. The fourth-order valence-corrected chi connectivity index (χ4v) is 4.23. The minimum absolute atomic E-state index is 0.0285. The number of nitrogens with zero attached hydrogens (tertiary/aromatic N) is 2. The highest BCUT2D eigenvalue weighted by Gasteiger charge is 2.26. The molecule has 0 fully saturated rings. The Bertz CT molecular complexity index is 939. The molecule has 1 aromatic heterocycles. The number of hydrogen-bond donors (Lipinski definition) is 1. The van der Waals surface area contributed by atoms with Crippen LogP contribution < -0.4 is 9.46 Å². The van der Waals surface area contributed by atoms with Crippen LogP contribution >= 0.6 is 11.6 Å². The van der Waals surface area contributed by atoms with Gasteiger partial charge in [-0.15, -0.1) is 0 Å². The number of hydrogen-bond acceptors (Lipinski definition) is 4. The van der Waals surface area contributed by atoms with Crippen LogP contribution in [0, 0.1) is 0 Å². The molecule has 140 valence electrons. The van der Waals surface area contributed by atoms with Gasteiger partial charge >= 0.3 is 0 Å². The van der Waals surface area contributed by atoms with Crippen molar-refractivity contribution < 1.29 is 17.9 Å². The fraction of sp³-hybridized carbons (Fsp3) is 0.353. The van der Waals surface area contributed by atoms with Crippen molar-refractivity contribution in [3.63, 3.8) is 0 Å². The Morgan fingerprint density at radius 1 is 1.27 bits per heavy atom. The number of anilines is 1. The van der Waals surface area contributed by atoms with Crippen molar-refractivity contribution in [2.45, 2.75) is 24.8 Å². The van der Waals surface area contributed by atoms with Crippen LogP contribution in [0.3, 0.4) is 0 Å². The number of nitrogens with one attached hydrogen (secondary N) is 1. The molecule has 1 N–H and O–H groups in total. The molecule has 1 aromatic carbocycles. The topological polar surface area (TPSA) is 80.6 Å². The van der Waals surface area contributed by atoms with Crippen LogP contribution in [0.2, 0.25) is 5.02 Å². The third-order valence-electron chi connectivity index (χ3n) is 4.30. The molecule has 3 rings (SSSR count). The molecule has 2 aromatic rings. The van der Waals surface area contributed by atoms with Gasteiger partial charge in [0, 0.05) is 30.9 Å². The monoisotopic (exact) mass is 397 g/mol. The van der Waals surface area contributed by atoms with Crippen molar-refractivity contribution in [1.29, 1.82) is 0 Å². The molecule has 1 aliphatic rings. The molecule has 26 heavy (non-hydrogen) atoms. The van der Waals surface area contributed by atoms with E-state index in [1.165, 1.54) is 25.4 Å². The molecule has 0 unspecified atom stereocenters. The van der Waals surface area contributed by atoms with Crippen molar-refractivity contribution in [1.82, 2.24) is 9.47 Å². The summed E-state index contributed by atoms with van der Waals surface area (Å²) in [7, 11) is -2.45. The van der Waals surface area contributed by atoms with E-state index in [0.29, 0.717) is 36.1 Å². The second-order valence-electron chi connectivity index (χ2n) is 5.94. The number of aryl methyl sites for hydroxylation is 1. The summed E-state index contributed by atoms with van der Waals surface area (Å²) >= 11 is 5.96. The number of benzene rings is 1. The number of methoxy groups -OCH3 is 1. The predicted molar refractivity (Wildman–Crippen MR) is 99.4 cm³/mol. The van der Waals surface area contributed by atoms with Gasteiger partial charge in [0.2, 0.25) is 0 Å². The molecule has 0 atom stereocenters. The maximum Gasteiger partial charge on any atom is 0.270 e. The molecule has 7 nitrogen and oxygen atoms in total. The minimum atomic E-state index is -3.90. The van der Waals surface area contributed by atoms with Crippen molar-refractivity contribution in [2.75, 3.05) is 24.9 Å². The van der Waals surface area contributed by atoms with E-state index in [9.17, 15) is 13.2 Å². The van der Waals surface area contributed by atoms with E-state index in [1.807, 2.05) is 6.92 Å². The molecule has 0 radical (unpaired) electrons. The van der Waals surface area contributed by atoms with Crippen molar-refractivity contribution in [2.24, 2.45) is 0 Å². The van der Waals surface area contributed by atoms with Gasteiger partial charge in [-0.25, -0.2) is 8.42 Å². The Labute approximate surface area is 157 Å². The van der Waals surface area contributed by atoms with Crippen LogP contribution in [-0.2, 0) is 16.6 Å². The molecule has 0 spiro atoms. The lowest BCUT2D eigenvalue weighted by atomic mass is 10.3. The van der Waals surface area contributed by atoms with Gasteiger partial charge in [0.05, 0.1) is 12.8 Å². The first-order valence-electron chi connectivity index (χ1n) is 8.21. The van der Waals surface area contributed by atoms with Crippen LogP contribution in [0.4, 0.5) is 5.69 Å². The summed E-state index contributed by atoms with van der Waals surface area (Å²) in [6.45, 7) is 3.75. The summed E-state index contributed by atoms with van der Waals surface area (Å²) in [6.07, 6.45) is 2.27. The van der Waals surface area contributed by atoms with Crippen LogP contribution in [0.15, 0.2) is 35.4 Å². The van der Waals surface area contributed by atoms with Gasteiger partial charge < -0.3 is 14.2 Å². The number of rotatable bonds is 5. The van der Waals surface area contributed by atoms with Gasteiger partial charge in [0.25, 0.3) is 15.9 Å². The molecule has 1 aliphatic heterocycles. The number of sulfonamides is 1. The van der Waals surface area contributed by atoms with Gasteiger partial charge in [0.15, 0.2) is 0 Å². The Morgan fingerprint density at radius 3 is 2.73 bits per heavy atom. The SMILES string of the molecule is CCN1CCCn2cc(S(=O)(=O)Nc3cc(Cl)ccc3OC)cc2C1=O. The first-order chi connectivity index (χ1) is 12.4. The molecule has 0 saturated carbocycles. The van der Waals surface area contributed by atoms with Crippen LogP contribution in [0.25, 0.3) is 0 Å². The Hall–Kier alpha value is -2.19. The number of carbonyl (C=O) groups excluding carboxylic acids is 1. The molecule has 0 aliphatic carbocycles. The number of carbonyl (C=O) groups is 1. The maximum absolute atomic E-state index is 12.8. The van der Waals surface area contributed by atoms with E-state index in [2.05, 4.69) is 4.72 Å². The molecule has 1 amide bonds. The van der Waals surface area contributed by atoms with Gasteiger partial charge in [0.1, 0.15) is 16.3 Å². The number of fused-ring (bicyclic) bond motifs is 1. The highest BCUT2D eigenvalue weighted by molar-refractivity contribution is 7.92. The van der Waals surface area contributed by atoms with E-state index < -0.39 is 10.0 Å². The first-order valence-corrected chi connectivity index (χ1v) is 10.1. The lowest BCUT2D eigenvalue weighted by molar-refractivity contribution is 0.0766. The van der Waals surface area contributed by atoms with Crippen LogP contribution in [0.1, 0.15) is 23.8 Å². The zero-order chi connectivity index (χ0) is 18.9. The van der Waals surface area contributed by atoms with Gasteiger partial charge in [-0.3, -0.25) is 9.52 Å². The number of aromatic nitrogens is 1. The van der Waals surface area contributed by atoms with Gasteiger partial charge in [-0.2, -0.15) is 0 Å². The van der Waals surface area contributed by atoms with E-state index in [1.54, 1.807) is 21.6 Å². The average Bonchev–Trinajstić information content (AvgIpc) is 2.97. The van der Waals surface area contributed by atoms with Gasteiger partial charge in [-0.05, 0) is 37.6 Å². The summed E-state index contributed by atoms with van der Waals surface area (Å²) in [6, 6.07) is 6.08.